The average Bonchev–Trinajstić information content (AvgIpc) is 2.84. The minimum absolute atomic E-state index is 0.199. The van der Waals surface area contributed by atoms with Gasteiger partial charge in [-0.3, -0.25) is 0 Å². The standard InChI is InChI=1S/C10H8N2O2S4/c1-3-4(2)16-8(15-3)9-17-5-6(13)11-10(14)12-7(5)18-9/h1-2H3,(H2,11,12,13,14)/p+1. The Balaban J connectivity index is 1.97. The molecule has 0 radical (unpaired) electrons. The first-order valence-electron chi connectivity index (χ1n) is 5.06. The van der Waals surface area contributed by atoms with Gasteiger partial charge in [0.05, 0.1) is 8.47 Å². The van der Waals surface area contributed by atoms with E-state index < -0.39 is 0 Å². The summed E-state index contributed by atoms with van der Waals surface area (Å²) >= 11 is 6.45. The summed E-state index contributed by atoms with van der Waals surface area (Å²) in [6.07, 6.45) is 0. The van der Waals surface area contributed by atoms with Gasteiger partial charge in [0, 0.05) is 0 Å². The number of nitrogens with one attached hydrogen (secondary N) is 2. The van der Waals surface area contributed by atoms with Gasteiger partial charge >= 0.3 is 11.6 Å². The number of hydrogen-bond donors (Lipinski definition) is 2. The van der Waals surface area contributed by atoms with E-state index in [0.29, 0.717) is 9.92 Å². The van der Waals surface area contributed by atoms with Crippen LogP contribution in [0.1, 0.15) is 13.8 Å². The van der Waals surface area contributed by atoms with E-state index in [1.165, 1.54) is 37.6 Å². The molecular formula is C10H9N2O2S4+. The molecule has 1 aromatic rings. The van der Waals surface area contributed by atoms with Crippen LogP contribution in [-0.4, -0.2) is 10.1 Å². The normalized spacial score (nSPS) is 18.8. The Kier molecular flexibility index (Phi) is 3.21. The maximum Gasteiger partial charge on any atom is 0.452 e. The van der Waals surface area contributed by atoms with Gasteiger partial charge in [0.1, 0.15) is 0 Å². The van der Waals surface area contributed by atoms with Gasteiger partial charge in [0.25, 0.3) is 0 Å². The zero-order valence-corrected chi connectivity index (χ0v) is 12.8. The lowest BCUT2D eigenvalue weighted by Crippen LogP contribution is -2.18. The molecule has 0 saturated carbocycles. The van der Waals surface area contributed by atoms with Crippen molar-refractivity contribution < 1.29 is 10.1 Å². The SMILES string of the molecule is CC1=C(C)SC(=C2Sc3[nH+]c(O)[nH]c(=O)c3S2)S1. The lowest BCUT2D eigenvalue weighted by molar-refractivity contribution is -0.449. The molecule has 0 amide bonds. The first-order chi connectivity index (χ1) is 8.54. The molecule has 0 fully saturated rings. The first kappa shape index (κ1) is 12.6. The van der Waals surface area contributed by atoms with Gasteiger partial charge in [-0.1, -0.05) is 35.3 Å². The van der Waals surface area contributed by atoms with Crippen molar-refractivity contribution in [1.82, 2.24) is 4.98 Å². The van der Waals surface area contributed by atoms with E-state index in [2.05, 4.69) is 23.8 Å². The molecule has 18 heavy (non-hydrogen) atoms. The molecule has 0 aromatic carbocycles. The highest BCUT2D eigenvalue weighted by Gasteiger charge is 2.31. The summed E-state index contributed by atoms with van der Waals surface area (Å²) in [5.74, 6) is 0. The summed E-state index contributed by atoms with van der Waals surface area (Å²) in [6.45, 7) is 4.20. The van der Waals surface area contributed by atoms with Crippen LogP contribution in [0.2, 0.25) is 0 Å². The van der Waals surface area contributed by atoms with Gasteiger partial charge < -0.3 is 5.11 Å². The zero-order valence-electron chi connectivity index (χ0n) is 9.49. The van der Waals surface area contributed by atoms with Crippen LogP contribution in [0.25, 0.3) is 0 Å². The molecule has 2 aliphatic rings. The van der Waals surface area contributed by atoms with Crippen LogP contribution >= 0.6 is 47.0 Å². The number of aromatic nitrogens is 2. The monoisotopic (exact) mass is 317 g/mol. The van der Waals surface area contributed by atoms with Crippen LogP contribution in [0.4, 0.5) is 0 Å². The van der Waals surface area contributed by atoms with Crippen LogP contribution in [0.3, 0.4) is 0 Å². The third-order valence-corrected chi connectivity index (χ3v) is 8.08. The van der Waals surface area contributed by atoms with Crippen LogP contribution in [0.5, 0.6) is 6.01 Å². The Morgan fingerprint density at radius 1 is 1.06 bits per heavy atom. The Bertz CT molecular complexity index is 646. The maximum absolute atomic E-state index is 11.7. The van der Waals surface area contributed by atoms with Gasteiger partial charge in [0.15, 0.2) is 9.92 Å². The van der Waals surface area contributed by atoms with E-state index in [1.54, 1.807) is 23.5 Å². The average molecular weight is 317 g/mol. The summed E-state index contributed by atoms with van der Waals surface area (Å²) in [5.41, 5.74) is -0.247. The number of thioether (sulfide) groups is 4. The van der Waals surface area contributed by atoms with Crippen molar-refractivity contribution in [2.24, 2.45) is 0 Å². The molecule has 3 rings (SSSR count). The Labute approximate surface area is 120 Å². The highest BCUT2D eigenvalue weighted by molar-refractivity contribution is 8.32. The summed E-state index contributed by atoms with van der Waals surface area (Å²) in [5, 5.41) is 10.1. The van der Waals surface area contributed by atoms with Crippen molar-refractivity contribution in [1.29, 1.82) is 0 Å². The molecule has 0 aliphatic carbocycles. The molecule has 1 aromatic heterocycles. The molecule has 3 heterocycles. The van der Waals surface area contributed by atoms with Crippen LogP contribution in [0.15, 0.2) is 33.0 Å². The zero-order chi connectivity index (χ0) is 12.9. The number of aromatic hydroxyl groups is 1. The highest BCUT2D eigenvalue weighted by atomic mass is 32.2. The first-order valence-corrected chi connectivity index (χ1v) is 8.33. The summed E-state index contributed by atoms with van der Waals surface area (Å²) in [7, 11) is 0. The van der Waals surface area contributed by atoms with Crippen LogP contribution < -0.4 is 10.5 Å². The van der Waals surface area contributed by atoms with Crippen molar-refractivity contribution in [3.8, 4) is 6.01 Å². The fourth-order valence-corrected chi connectivity index (χ4v) is 6.69. The van der Waals surface area contributed by atoms with Crippen molar-refractivity contribution in [2.45, 2.75) is 23.8 Å². The summed E-state index contributed by atoms with van der Waals surface area (Å²) < 4.78 is 2.31. The second kappa shape index (κ2) is 4.59. The second-order valence-corrected chi connectivity index (χ2v) is 8.69. The van der Waals surface area contributed by atoms with Gasteiger partial charge in [-0.05, 0) is 35.4 Å². The van der Waals surface area contributed by atoms with Crippen LogP contribution in [-0.2, 0) is 0 Å². The molecule has 8 heteroatoms. The fourth-order valence-electron chi connectivity index (χ4n) is 1.44. The summed E-state index contributed by atoms with van der Waals surface area (Å²) in [4.78, 5) is 20.1. The number of H-pyrrole nitrogens is 2. The number of rotatable bonds is 0. The Hall–Kier alpha value is -0.440. The molecule has 3 N–H and O–H groups in total. The lowest BCUT2D eigenvalue weighted by atomic mass is 10.6. The number of aromatic amines is 2. The predicted octanol–water partition coefficient (Wildman–Crippen LogP) is 2.95. The molecule has 4 nitrogen and oxygen atoms in total. The van der Waals surface area contributed by atoms with E-state index in [4.69, 9.17) is 0 Å². The van der Waals surface area contributed by atoms with Crippen LogP contribution in [0, 0.1) is 0 Å². The maximum atomic E-state index is 11.7. The molecule has 2 aliphatic heterocycles. The van der Waals surface area contributed by atoms with E-state index in [1.807, 2.05) is 0 Å². The largest absolute Gasteiger partial charge is 0.452 e. The molecule has 0 bridgehead atoms. The molecule has 0 atom stereocenters. The second-order valence-electron chi connectivity index (χ2n) is 3.68. The molecule has 94 valence electrons. The van der Waals surface area contributed by atoms with Crippen molar-refractivity contribution >= 4 is 47.0 Å². The highest BCUT2D eigenvalue weighted by Crippen LogP contribution is 2.58. The minimum Gasteiger partial charge on any atom is -0.446 e. The fraction of sp³-hybridized carbons (Fsp3) is 0.200. The number of hydrogen-bond acceptors (Lipinski definition) is 6. The van der Waals surface area contributed by atoms with Gasteiger partial charge in [-0.2, -0.15) is 9.97 Å². The third kappa shape index (κ3) is 2.11. The molecular weight excluding hydrogens is 308 g/mol. The van der Waals surface area contributed by atoms with E-state index in [-0.39, 0.29) is 11.6 Å². The smallest absolute Gasteiger partial charge is 0.446 e. The van der Waals surface area contributed by atoms with E-state index >= 15 is 0 Å². The van der Waals surface area contributed by atoms with Crippen molar-refractivity contribution in [3.05, 3.63) is 28.6 Å². The summed E-state index contributed by atoms with van der Waals surface area (Å²) in [6, 6.07) is -0.199. The third-order valence-electron chi connectivity index (χ3n) is 2.42. The Morgan fingerprint density at radius 2 is 1.67 bits per heavy atom. The van der Waals surface area contributed by atoms with Crippen molar-refractivity contribution in [3.63, 3.8) is 0 Å². The minimum atomic E-state index is -0.247. The topological polar surface area (TPSA) is 67.2 Å². The predicted molar refractivity (Wildman–Crippen MR) is 77.6 cm³/mol. The number of allylic oxidation sites excluding steroid dienone is 2. The van der Waals surface area contributed by atoms with Gasteiger partial charge in [-0.15, -0.1) is 0 Å². The Morgan fingerprint density at radius 3 is 2.33 bits per heavy atom. The number of fused-ring (bicyclic) bond motifs is 1. The van der Waals surface area contributed by atoms with E-state index in [9.17, 15) is 9.90 Å². The molecule has 0 saturated heterocycles. The van der Waals surface area contributed by atoms with Gasteiger partial charge in [0.2, 0.25) is 0 Å². The molecule has 0 unspecified atom stereocenters. The lowest BCUT2D eigenvalue weighted by Gasteiger charge is -1.98. The van der Waals surface area contributed by atoms with E-state index in [0.717, 1.165) is 4.24 Å². The molecule has 0 spiro atoms. The quantitative estimate of drug-likeness (QED) is 0.717. The van der Waals surface area contributed by atoms with Gasteiger partial charge in [-0.25, -0.2) is 4.79 Å². The van der Waals surface area contributed by atoms with Crippen molar-refractivity contribution in [2.75, 3.05) is 0 Å².